The molecule has 0 amide bonds. The summed E-state index contributed by atoms with van der Waals surface area (Å²) in [6, 6.07) is 6.18. The van der Waals surface area contributed by atoms with Crippen molar-refractivity contribution in [3.05, 3.63) is 30.0 Å². The molecule has 0 bridgehead atoms. The minimum absolute atomic E-state index is 0.564. The minimum Gasteiger partial charge on any atom is -0.493 e. The molecule has 0 radical (unpaired) electrons. The quantitative estimate of drug-likeness (QED) is 0.542. The van der Waals surface area contributed by atoms with Crippen LogP contribution < -0.4 is 16.0 Å². The molecule has 1 aromatic carbocycles. The molecule has 5 heteroatoms. The third-order valence-electron chi connectivity index (χ3n) is 2.93. The van der Waals surface area contributed by atoms with Gasteiger partial charge in [0.1, 0.15) is 5.75 Å². The van der Waals surface area contributed by atoms with Gasteiger partial charge in [0.2, 0.25) is 5.95 Å². The van der Waals surface area contributed by atoms with Crippen LogP contribution in [0.15, 0.2) is 24.4 Å². The summed E-state index contributed by atoms with van der Waals surface area (Å²) in [5.74, 6) is 6.85. The predicted octanol–water partition coefficient (Wildman–Crippen LogP) is 1.69. The number of hydrogen-bond donors (Lipinski definition) is 3. The molecule has 0 atom stereocenters. The number of nitrogens with one attached hydrogen (secondary N) is 2. The number of fused-ring (bicyclic) bond motifs is 1. The molecule has 0 saturated heterocycles. The van der Waals surface area contributed by atoms with E-state index in [9.17, 15) is 0 Å². The van der Waals surface area contributed by atoms with Crippen LogP contribution in [0.5, 0.6) is 5.75 Å². The van der Waals surface area contributed by atoms with Crippen LogP contribution in [0.3, 0.4) is 0 Å². The number of aryl methyl sites for hydroxylation is 1. The van der Waals surface area contributed by atoms with Gasteiger partial charge in [0.25, 0.3) is 0 Å². The molecule has 2 heterocycles. The fraction of sp³-hybridized carbons (Fsp3) is 0.250. The summed E-state index contributed by atoms with van der Waals surface area (Å²) < 4.78 is 5.58. The molecule has 88 valence electrons. The number of anilines is 1. The van der Waals surface area contributed by atoms with Gasteiger partial charge in [-0.3, -0.25) is 5.43 Å². The number of H-pyrrole nitrogens is 1. The van der Waals surface area contributed by atoms with Crippen LogP contribution in [0.2, 0.25) is 0 Å². The zero-order valence-electron chi connectivity index (χ0n) is 9.36. The van der Waals surface area contributed by atoms with Gasteiger partial charge in [-0.05, 0) is 36.6 Å². The van der Waals surface area contributed by atoms with Gasteiger partial charge >= 0.3 is 0 Å². The molecule has 1 aliphatic heterocycles. The van der Waals surface area contributed by atoms with Crippen molar-refractivity contribution in [3.8, 4) is 17.0 Å². The Balaban J connectivity index is 1.97. The Kier molecular flexibility index (Phi) is 2.45. The first-order valence-corrected chi connectivity index (χ1v) is 5.64. The van der Waals surface area contributed by atoms with E-state index < -0.39 is 0 Å². The van der Waals surface area contributed by atoms with Crippen LogP contribution in [0, 0.1) is 0 Å². The maximum absolute atomic E-state index is 5.58. The van der Waals surface area contributed by atoms with Crippen LogP contribution in [0.4, 0.5) is 5.95 Å². The number of aromatic amines is 1. The molecule has 2 aromatic rings. The number of nitrogens with two attached hydrogens (primary N) is 1. The van der Waals surface area contributed by atoms with E-state index in [1.807, 2.05) is 12.1 Å². The first-order valence-electron chi connectivity index (χ1n) is 5.64. The first kappa shape index (κ1) is 10.2. The molecular formula is C12H14N4O. The van der Waals surface area contributed by atoms with Gasteiger partial charge in [0.05, 0.1) is 18.5 Å². The second-order valence-electron chi connectivity index (χ2n) is 4.06. The molecule has 3 rings (SSSR count). The van der Waals surface area contributed by atoms with Crippen molar-refractivity contribution in [2.24, 2.45) is 5.84 Å². The fourth-order valence-electron chi connectivity index (χ4n) is 2.07. The van der Waals surface area contributed by atoms with Crippen molar-refractivity contribution in [2.45, 2.75) is 12.8 Å². The Morgan fingerprint density at radius 2 is 2.35 bits per heavy atom. The van der Waals surface area contributed by atoms with E-state index in [-0.39, 0.29) is 0 Å². The summed E-state index contributed by atoms with van der Waals surface area (Å²) in [6.07, 6.45) is 3.91. The lowest BCUT2D eigenvalue weighted by atomic mass is 10.0. The first-order chi connectivity index (χ1) is 8.36. The van der Waals surface area contributed by atoms with Crippen molar-refractivity contribution in [1.82, 2.24) is 9.97 Å². The molecule has 0 spiro atoms. The van der Waals surface area contributed by atoms with Crippen LogP contribution in [-0.4, -0.2) is 16.6 Å². The molecule has 0 fully saturated rings. The van der Waals surface area contributed by atoms with Gasteiger partial charge in [-0.1, -0.05) is 0 Å². The largest absolute Gasteiger partial charge is 0.493 e. The Morgan fingerprint density at radius 3 is 3.18 bits per heavy atom. The average molecular weight is 230 g/mol. The highest BCUT2D eigenvalue weighted by molar-refractivity contribution is 5.63. The Morgan fingerprint density at radius 1 is 1.41 bits per heavy atom. The summed E-state index contributed by atoms with van der Waals surface area (Å²) in [7, 11) is 0. The van der Waals surface area contributed by atoms with E-state index >= 15 is 0 Å². The summed E-state index contributed by atoms with van der Waals surface area (Å²) in [6.45, 7) is 0.817. The smallest absolute Gasteiger partial charge is 0.215 e. The van der Waals surface area contributed by atoms with Crippen molar-refractivity contribution < 1.29 is 4.74 Å². The lowest BCUT2D eigenvalue weighted by molar-refractivity contribution is 0.288. The summed E-state index contributed by atoms with van der Waals surface area (Å²) in [5.41, 5.74) is 5.79. The van der Waals surface area contributed by atoms with Crippen molar-refractivity contribution in [2.75, 3.05) is 12.0 Å². The molecule has 0 saturated carbocycles. The number of imidazole rings is 1. The number of hydrogen-bond acceptors (Lipinski definition) is 4. The molecule has 1 aromatic heterocycles. The Hall–Kier alpha value is -2.01. The van der Waals surface area contributed by atoms with Crippen LogP contribution in [0.25, 0.3) is 11.3 Å². The van der Waals surface area contributed by atoms with Crippen molar-refractivity contribution in [1.29, 1.82) is 0 Å². The highest BCUT2D eigenvalue weighted by atomic mass is 16.5. The number of hydrazine groups is 1. The summed E-state index contributed by atoms with van der Waals surface area (Å²) >= 11 is 0. The Bertz CT molecular complexity index is 535. The SMILES string of the molecule is NNc1ncc(-c2ccc3c(c2)CCCO3)[nH]1. The number of nitrogen functional groups attached to an aromatic ring is 1. The van der Waals surface area contributed by atoms with Crippen LogP contribution in [-0.2, 0) is 6.42 Å². The predicted molar refractivity (Wildman–Crippen MR) is 65.6 cm³/mol. The van der Waals surface area contributed by atoms with E-state index in [1.165, 1.54) is 5.56 Å². The maximum atomic E-state index is 5.58. The van der Waals surface area contributed by atoms with Crippen molar-refractivity contribution >= 4 is 5.95 Å². The van der Waals surface area contributed by atoms with Gasteiger partial charge in [-0.15, -0.1) is 0 Å². The van der Waals surface area contributed by atoms with E-state index in [0.29, 0.717) is 5.95 Å². The molecule has 17 heavy (non-hydrogen) atoms. The monoisotopic (exact) mass is 230 g/mol. The number of benzene rings is 1. The maximum Gasteiger partial charge on any atom is 0.215 e. The van der Waals surface area contributed by atoms with Gasteiger partial charge in [-0.25, -0.2) is 10.8 Å². The van der Waals surface area contributed by atoms with Gasteiger partial charge < -0.3 is 9.72 Å². The van der Waals surface area contributed by atoms with E-state index in [2.05, 4.69) is 21.5 Å². The number of nitrogens with zero attached hydrogens (tertiary/aromatic N) is 1. The zero-order valence-corrected chi connectivity index (χ0v) is 9.36. The molecule has 0 aliphatic carbocycles. The number of rotatable bonds is 2. The zero-order chi connectivity index (χ0) is 11.7. The third-order valence-corrected chi connectivity index (χ3v) is 2.93. The lowest BCUT2D eigenvalue weighted by Gasteiger charge is -2.17. The summed E-state index contributed by atoms with van der Waals surface area (Å²) in [4.78, 5) is 7.20. The standard InChI is InChI=1S/C12H14N4O/c13-16-12-14-7-10(15-12)8-3-4-11-9(6-8)2-1-5-17-11/h3-4,6-7H,1-2,5,13H2,(H2,14,15,16). The van der Waals surface area contributed by atoms with E-state index in [0.717, 1.165) is 36.5 Å². The molecule has 1 aliphatic rings. The lowest BCUT2D eigenvalue weighted by Crippen LogP contribution is -2.08. The molecule has 4 N–H and O–H groups in total. The second-order valence-corrected chi connectivity index (χ2v) is 4.06. The van der Waals surface area contributed by atoms with Gasteiger partial charge in [0.15, 0.2) is 0 Å². The third kappa shape index (κ3) is 1.85. The van der Waals surface area contributed by atoms with Crippen LogP contribution in [0.1, 0.15) is 12.0 Å². The van der Waals surface area contributed by atoms with Crippen LogP contribution >= 0.6 is 0 Å². The van der Waals surface area contributed by atoms with E-state index in [1.54, 1.807) is 6.20 Å². The fourth-order valence-corrected chi connectivity index (χ4v) is 2.07. The molecule has 0 unspecified atom stereocenters. The normalized spacial score (nSPS) is 13.9. The minimum atomic E-state index is 0.564. The Labute approximate surface area is 99.0 Å². The summed E-state index contributed by atoms with van der Waals surface area (Å²) in [5, 5.41) is 0. The molecular weight excluding hydrogens is 216 g/mol. The van der Waals surface area contributed by atoms with E-state index in [4.69, 9.17) is 10.6 Å². The average Bonchev–Trinajstić information content (AvgIpc) is 2.87. The topological polar surface area (TPSA) is 76.0 Å². The highest BCUT2D eigenvalue weighted by Crippen LogP contribution is 2.29. The van der Waals surface area contributed by atoms with Gasteiger partial charge in [-0.2, -0.15) is 0 Å². The van der Waals surface area contributed by atoms with Gasteiger partial charge in [0, 0.05) is 5.56 Å². The number of aromatic nitrogens is 2. The van der Waals surface area contributed by atoms with Crippen molar-refractivity contribution in [3.63, 3.8) is 0 Å². The highest BCUT2D eigenvalue weighted by Gasteiger charge is 2.12. The second kappa shape index (κ2) is 4.10. The molecule has 5 nitrogen and oxygen atoms in total. The number of ether oxygens (including phenoxy) is 1.